The van der Waals surface area contributed by atoms with Gasteiger partial charge in [-0.1, -0.05) is 25.1 Å². The molecule has 5 nitrogen and oxygen atoms in total. The van der Waals surface area contributed by atoms with Gasteiger partial charge in [0.05, 0.1) is 13.0 Å². The third-order valence-corrected chi connectivity index (χ3v) is 3.11. The van der Waals surface area contributed by atoms with E-state index in [1.165, 1.54) is 7.11 Å². The van der Waals surface area contributed by atoms with Crippen molar-refractivity contribution in [3.63, 3.8) is 0 Å². The van der Waals surface area contributed by atoms with Crippen LogP contribution >= 0.6 is 0 Å². The fraction of sp³-hybridized carbons (Fsp3) is 0.533. The lowest BCUT2D eigenvalue weighted by Gasteiger charge is -2.20. The summed E-state index contributed by atoms with van der Waals surface area (Å²) in [5.41, 5.74) is 6.65. The highest BCUT2D eigenvalue weighted by atomic mass is 16.5. The monoisotopic (exact) mass is 280 g/mol. The van der Waals surface area contributed by atoms with Gasteiger partial charge in [0.1, 0.15) is 12.4 Å². The minimum Gasteiger partial charge on any atom is -0.492 e. The van der Waals surface area contributed by atoms with Crippen molar-refractivity contribution in [1.82, 2.24) is 4.90 Å². The summed E-state index contributed by atoms with van der Waals surface area (Å²) in [4.78, 5) is 13.4. The molecule has 1 aromatic carbocycles. The third-order valence-electron chi connectivity index (χ3n) is 3.11. The molecule has 0 saturated heterocycles. The second kappa shape index (κ2) is 8.55. The number of carbonyl (C=O) groups is 1. The van der Waals surface area contributed by atoms with Crippen molar-refractivity contribution in [1.29, 1.82) is 0 Å². The van der Waals surface area contributed by atoms with E-state index in [0.717, 1.165) is 17.9 Å². The van der Waals surface area contributed by atoms with Gasteiger partial charge in [0.25, 0.3) is 0 Å². The van der Waals surface area contributed by atoms with Gasteiger partial charge in [0.2, 0.25) is 0 Å². The fourth-order valence-corrected chi connectivity index (χ4v) is 1.96. The van der Waals surface area contributed by atoms with Gasteiger partial charge in [-0.05, 0) is 13.1 Å². The Kier molecular flexibility index (Phi) is 7.04. The fourth-order valence-electron chi connectivity index (χ4n) is 1.96. The molecular weight excluding hydrogens is 256 g/mol. The number of ether oxygens (including phenoxy) is 2. The van der Waals surface area contributed by atoms with Gasteiger partial charge in [0, 0.05) is 25.2 Å². The Morgan fingerprint density at radius 1 is 1.40 bits per heavy atom. The smallest absolute Gasteiger partial charge is 0.309 e. The van der Waals surface area contributed by atoms with Crippen LogP contribution in [0.3, 0.4) is 0 Å². The Hall–Kier alpha value is -1.59. The average molecular weight is 280 g/mol. The van der Waals surface area contributed by atoms with Crippen molar-refractivity contribution in [2.24, 2.45) is 11.7 Å². The van der Waals surface area contributed by atoms with Gasteiger partial charge in [-0.3, -0.25) is 4.79 Å². The average Bonchev–Trinajstić information content (AvgIpc) is 2.46. The number of esters is 1. The molecule has 112 valence electrons. The molecule has 1 aromatic rings. The molecule has 1 rings (SSSR count). The number of nitrogens with zero attached hydrogens (tertiary/aromatic N) is 1. The molecule has 0 heterocycles. The first-order chi connectivity index (χ1) is 9.58. The number of nitrogens with two attached hydrogens (primary N) is 1. The topological polar surface area (TPSA) is 64.8 Å². The van der Waals surface area contributed by atoms with Crippen LogP contribution in [0.4, 0.5) is 0 Å². The molecule has 0 fully saturated rings. The van der Waals surface area contributed by atoms with Gasteiger partial charge in [-0.15, -0.1) is 0 Å². The largest absolute Gasteiger partial charge is 0.492 e. The molecule has 0 aliphatic carbocycles. The zero-order valence-electron chi connectivity index (χ0n) is 12.5. The van der Waals surface area contributed by atoms with E-state index < -0.39 is 0 Å². The van der Waals surface area contributed by atoms with Gasteiger partial charge in [0.15, 0.2) is 0 Å². The maximum absolute atomic E-state index is 11.3. The number of methoxy groups -OCH3 is 1. The molecule has 1 unspecified atom stereocenters. The first-order valence-corrected chi connectivity index (χ1v) is 6.75. The van der Waals surface area contributed by atoms with Crippen molar-refractivity contribution in [2.75, 3.05) is 33.9 Å². The number of likely N-dealkylation sites (N-methyl/N-ethyl adjacent to an activating group) is 1. The van der Waals surface area contributed by atoms with E-state index in [9.17, 15) is 4.79 Å². The van der Waals surface area contributed by atoms with Crippen molar-refractivity contribution >= 4 is 5.97 Å². The standard InChI is InChI=1S/C15H24N2O3/c1-12(15(18)19-3)11-17(2)8-9-20-14-7-5-4-6-13(14)10-16/h4-7,12H,8-11,16H2,1-3H3. The first kappa shape index (κ1) is 16.5. The Labute approximate surface area is 120 Å². The second-order valence-corrected chi connectivity index (χ2v) is 4.85. The van der Waals surface area contributed by atoms with Crippen LogP contribution < -0.4 is 10.5 Å². The van der Waals surface area contributed by atoms with E-state index in [4.69, 9.17) is 15.2 Å². The summed E-state index contributed by atoms with van der Waals surface area (Å²) in [5.74, 6) is 0.497. The summed E-state index contributed by atoms with van der Waals surface area (Å²) < 4.78 is 10.4. The second-order valence-electron chi connectivity index (χ2n) is 4.85. The van der Waals surface area contributed by atoms with E-state index in [2.05, 4.69) is 0 Å². The summed E-state index contributed by atoms with van der Waals surface area (Å²) in [6.07, 6.45) is 0. The lowest BCUT2D eigenvalue weighted by molar-refractivity contribution is -0.145. The number of hydrogen-bond acceptors (Lipinski definition) is 5. The third kappa shape index (κ3) is 5.19. The van der Waals surface area contributed by atoms with Crippen molar-refractivity contribution < 1.29 is 14.3 Å². The molecule has 5 heteroatoms. The Morgan fingerprint density at radius 3 is 2.75 bits per heavy atom. The van der Waals surface area contributed by atoms with E-state index in [-0.39, 0.29) is 11.9 Å². The quantitative estimate of drug-likeness (QED) is 0.726. The molecular formula is C15H24N2O3. The van der Waals surface area contributed by atoms with Crippen LogP contribution in [0.5, 0.6) is 5.75 Å². The number of rotatable bonds is 8. The maximum atomic E-state index is 11.3. The van der Waals surface area contributed by atoms with Crippen molar-refractivity contribution in [3.05, 3.63) is 29.8 Å². The minimum absolute atomic E-state index is 0.138. The first-order valence-electron chi connectivity index (χ1n) is 6.75. The number of carbonyl (C=O) groups excluding carboxylic acids is 1. The molecule has 0 radical (unpaired) electrons. The van der Waals surface area contributed by atoms with E-state index in [0.29, 0.717) is 19.7 Å². The van der Waals surface area contributed by atoms with Crippen molar-refractivity contribution in [2.45, 2.75) is 13.5 Å². The molecule has 20 heavy (non-hydrogen) atoms. The molecule has 2 N–H and O–H groups in total. The number of benzene rings is 1. The highest BCUT2D eigenvalue weighted by Gasteiger charge is 2.15. The van der Waals surface area contributed by atoms with E-state index >= 15 is 0 Å². The lowest BCUT2D eigenvalue weighted by Crippen LogP contribution is -2.32. The Bertz CT molecular complexity index is 423. The molecule has 0 amide bonds. The summed E-state index contributed by atoms with van der Waals surface area (Å²) >= 11 is 0. The van der Waals surface area contributed by atoms with Gasteiger partial charge >= 0.3 is 5.97 Å². The predicted octanol–water partition coefficient (Wildman–Crippen LogP) is 1.26. The Balaban J connectivity index is 2.35. The summed E-state index contributed by atoms with van der Waals surface area (Å²) in [7, 11) is 3.36. The van der Waals surface area contributed by atoms with Gasteiger partial charge in [-0.25, -0.2) is 0 Å². The Morgan fingerprint density at radius 2 is 2.10 bits per heavy atom. The normalized spacial score (nSPS) is 12.2. The molecule has 1 atom stereocenters. The molecule has 0 spiro atoms. The van der Waals surface area contributed by atoms with Crippen LogP contribution in [0.2, 0.25) is 0 Å². The van der Waals surface area contributed by atoms with Crippen LogP contribution in [0.15, 0.2) is 24.3 Å². The molecule has 0 aromatic heterocycles. The van der Waals surface area contributed by atoms with Crippen LogP contribution in [0.25, 0.3) is 0 Å². The predicted molar refractivity (Wildman–Crippen MR) is 78.5 cm³/mol. The molecule has 0 saturated carbocycles. The summed E-state index contributed by atoms with van der Waals surface area (Å²) in [6, 6.07) is 7.74. The van der Waals surface area contributed by atoms with Crippen LogP contribution in [0.1, 0.15) is 12.5 Å². The van der Waals surface area contributed by atoms with E-state index in [1.54, 1.807) is 0 Å². The molecule has 0 aliphatic heterocycles. The van der Waals surface area contributed by atoms with Crippen LogP contribution in [0, 0.1) is 5.92 Å². The highest BCUT2D eigenvalue weighted by molar-refractivity contribution is 5.72. The molecule has 0 aliphatic rings. The maximum Gasteiger partial charge on any atom is 0.309 e. The number of hydrogen-bond donors (Lipinski definition) is 1. The van der Waals surface area contributed by atoms with Crippen molar-refractivity contribution in [3.8, 4) is 5.75 Å². The lowest BCUT2D eigenvalue weighted by atomic mass is 10.2. The summed E-state index contributed by atoms with van der Waals surface area (Å²) in [5, 5.41) is 0. The highest BCUT2D eigenvalue weighted by Crippen LogP contribution is 2.16. The SMILES string of the molecule is COC(=O)C(C)CN(C)CCOc1ccccc1CN. The summed E-state index contributed by atoms with van der Waals surface area (Å²) in [6.45, 7) is 4.26. The van der Waals surface area contributed by atoms with Gasteiger partial charge in [-0.2, -0.15) is 0 Å². The minimum atomic E-state index is -0.189. The van der Waals surface area contributed by atoms with Crippen LogP contribution in [-0.4, -0.2) is 44.7 Å². The number of para-hydroxylation sites is 1. The van der Waals surface area contributed by atoms with E-state index in [1.807, 2.05) is 43.1 Å². The van der Waals surface area contributed by atoms with Gasteiger partial charge < -0.3 is 20.1 Å². The zero-order chi connectivity index (χ0) is 15.0. The van der Waals surface area contributed by atoms with Crippen LogP contribution in [-0.2, 0) is 16.1 Å². The zero-order valence-corrected chi connectivity index (χ0v) is 12.5. The molecule has 0 bridgehead atoms.